The van der Waals surface area contributed by atoms with E-state index in [0.29, 0.717) is 5.92 Å². The van der Waals surface area contributed by atoms with Crippen LogP contribution in [0.5, 0.6) is 0 Å². The molecule has 1 aliphatic carbocycles. The molecule has 0 N–H and O–H groups in total. The lowest BCUT2D eigenvalue weighted by Gasteiger charge is -2.23. The van der Waals surface area contributed by atoms with Crippen LogP contribution in [0.25, 0.3) is 98.0 Å². The van der Waals surface area contributed by atoms with Gasteiger partial charge in [-0.25, -0.2) is 0 Å². The predicted molar refractivity (Wildman–Crippen MR) is 240 cm³/mol. The van der Waals surface area contributed by atoms with Crippen LogP contribution in [0.2, 0.25) is 0 Å². The Morgan fingerprint density at radius 2 is 0.836 bits per heavy atom. The average molecular weight is 707 g/mol. The van der Waals surface area contributed by atoms with Gasteiger partial charge in [0.2, 0.25) is 0 Å². The summed E-state index contributed by atoms with van der Waals surface area (Å²) in [5.41, 5.74) is 13.5. The Labute approximate surface area is 324 Å². The number of hydrogen-bond acceptors (Lipinski definition) is 0. The molecule has 0 amide bonds. The topological polar surface area (TPSA) is 0 Å². The van der Waals surface area contributed by atoms with Crippen molar-refractivity contribution in [2.75, 3.05) is 0 Å². The van der Waals surface area contributed by atoms with Crippen molar-refractivity contribution in [3.8, 4) is 33.4 Å². The smallest absolute Gasteiger partial charge is 0.0159 e. The van der Waals surface area contributed by atoms with Gasteiger partial charge in [0.15, 0.2) is 0 Å². The summed E-state index contributed by atoms with van der Waals surface area (Å²) in [5, 5.41) is 16.2. The zero-order valence-electron chi connectivity index (χ0n) is 33.0. The average Bonchev–Trinajstić information content (AvgIpc) is 3.39. The number of rotatable bonds is 4. The molecule has 266 valence electrons. The Kier molecular flexibility index (Phi) is 6.64. The van der Waals surface area contributed by atoms with Gasteiger partial charge in [-0.05, 0) is 150 Å². The van der Waals surface area contributed by atoms with Crippen LogP contribution >= 0.6 is 0 Å². The molecule has 0 radical (unpaired) electrons. The lowest BCUT2D eigenvalue weighted by molar-refractivity contribution is 0.591. The highest BCUT2D eigenvalue weighted by molar-refractivity contribution is 6.27. The van der Waals surface area contributed by atoms with Gasteiger partial charge in [0.1, 0.15) is 0 Å². The van der Waals surface area contributed by atoms with Crippen LogP contribution in [0.15, 0.2) is 133 Å². The molecule has 0 heteroatoms. The summed E-state index contributed by atoms with van der Waals surface area (Å²) in [6.07, 6.45) is 1.10. The van der Waals surface area contributed by atoms with Gasteiger partial charge < -0.3 is 0 Å². The van der Waals surface area contributed by atoms with E-state index in [1.807, 2.05) is 0 Å². The van der Waals surface area contributed by atoms with E-state index in [-0.39, 0.29) is 10.8 Å². The maximum atomic E-state index is 2.49. The first-order valence-electron chi connectivity index (χ1n) is 20.2. The van der Waals surface area contributed by atoms with Crippen LogP contribution in [0.3, 0.4) is 0 Å². The van der Waals surface area contributed by atoms with Crippen molar-refractivity contribution in [1.82, 2.24) is 0 Å². The normalized spacial score (nSPS) is 14.1. The van der Waals surface area contributed by atoms with Crippen LogP contribution in [0, 0.1) is 5.92 Å². The van der Waals surface area contributed by atoms with E-state index < -0.39 is 0 Å². The predicted octanol–water partition coefficient (Wildman–Crippen LogP) is 15.6. The molecule has 0 aromatic heterocycles. The van der Waals surface area contributed by atoms with Gasteiger partial charge in [-0.3, -0.25) is 0 Å². The zero-order chi connectivity index (χ0) is 37.5. The van der Waals surface area contributed by atoms with E-state index in [2.05, 4.69) is 182 Å². The Morgan fingerprint density at radius 3 is 1.29 bits per heavy atom. The second-order valence-electron chi connectivity index (χ2n) is 18.5. The Hall–Kier alpha value is -5.72. The van der Waals surface area contributed by atoms with Gasteiger partial charge in [0, 0.05) is 5.41 Å². The highest BCUT2D eigenvalue weighted by Gasteiger charge is 2.36. The van der Waals surface area contributed by atoms with Gasteiger partial charge in [-0.2, -0.15) is 0 Å². The van der Waals surface area contributed by atoms with Gasteiger partial charge in [0.25, 0.3) is 0 Å². The number of benzene rings is 10. The molecule has 10 aromatic carbocycles. The molecular formula is C55H46. The molecule has 0 heterocycles. The maximum absolute atomic E-state index is 2.49. The van der Waals surface area contributed by atoms with Crippen LogP contribution in [-0.4, -0.2) is 0 Å². The van der Waals surface area contributed by atoms with Crippen LogP contribution in [-0.2, 0) is 17.3 Å². The third-order valence-corrected chi connectivity index (χ3v) is 13.1. The highest BCUT2D eigenvalue weighted by atomic mass is 14.4. The Bertz CT molecular complexity index is 3160. The molecule has 0 nitrogen and oxygen atoms in total. The summed E-state index contributed by atoms with van der Waals surface area (Å²) in [4.78, 5) is 0. The summed E-state index contributed by atoms with van der Waals surface area (Å²) in [6, 6.07) is 52.2. The first-order valence-corrected chi connectivity index (χ1v) is 20.2. The summed E-state index contributed by atoms with van der Waals surface area (Å²) >= 11 is 0. The molecule has 0 aliphatic heterocycles. The minimum atomic E-state index is -0.138. The lowest BCUT2D eigenvalue weighted by Crippen LogP contribution is -2.15. The minimum Gasteiger partial charge on any atom is -0.0625 e. The molecule has 0 bridgehead atoms. The largest absolute Gasteiger partial charge is 0.0625 e. The number of fused-ring (bicyclic) bond motifs is 3. The summed E-state index contributed by atoms with van der Waals surface area (Å²) in [7, 11) is 0. The monoisotopic (exact) mass is 706 g/mol. The lowest BCUT2D eigenvalue weighted by atomic mass is 9.80. The molecule has 0 unspecified atom stereocenters. The van der Waals surface area contributed by atoms with Crippen LogP contribution in [0.4, 0.5) is 0 Å². The third kappa shape index (κ3) is 4.70. The molecule has 0 spiro atoms. The third-order valence-electron chi connectivity index (χ3n) is 13.1. The van der Waals surface area contributed by atoms with Crippen LogP contribution in [0.1, 0.15) is 70.7 Å². The van der Waals surface area contributed by atoms with Gasteiger partial charge in [0.05, 0.1) is 0 Å². The molecule has 0 fully saturated rings. The van der Waals surface area contributed by atoms with Gasteiger partial charge in [-0.15, -0.1) is 0 Å². The molecule has 11 rings (SSSR count). The fourth-order valence-electron chi connectivity index (χ4n) is 10.3. The van der Waals surface area contributed by atoms with Crippen molar-refractivity contribution in [3.63, 3.8) is 0 Å². The van der Waals surface area contributed by atoms with Crippen molar-refractivity contribution < 1.29 is 0 Å². The van der Waals surface area contributed by atoms with Crippen molar-refractivity contribution in [2.45, 2.75) is 65.7 Å². The van der Waals surface area contributed by atoms with E-state index in [1.54, 1.807) is 0 Å². The summed E-state index contributed by atoms with van der Waals surface area (Å²) in [6.45, 7) is 16.4. The van der Waals surface area contributed by atoms with Crippen molar-refractivity contribution >= 4 is 64.6 Å². The SMILES string of the molecule is CC(C)Cc1cc2ccc3ccc(-c4ccc5c(c4)C(C)(C)c4cc(-c6ccc7ccc8cc(C(C)(C)C)cc9ccc6c7c89)ccc4-5)c4ccc(c1)c2c34. The molecule has 1 aliphatic rings. The number of hydrogen-bond donors (Lipinski definition) is 0. The van der Waals surface area contributed by atoms with Gasteiger partial charge >= 0.3 is 0 Å². The van der Waals surface area contributed by atoms with Gasteiger partial charge in [-0.1, -0.05) is 170 Å². The second-order valence-corrected chi connectivity index (χ2v) is 18.5. The molecule has 55 heavy (non-hydrogen) atoms. The first-order chi connectivity index (χ1) is 26.4. The van der Waals surface area contributed by atoms with Crippen molar-refractivity contribution in [2.24, 2.45) is 5.92 Å². The first kappa shape index (κ1) is 32.7. The molecule has 0 atom stereocenters. The second kappa shape index (κ2) is 11.2. The summed E-state index contributed by atoms with van der Waals surface area (Å²) in [5.74, 6) is 0.636. The van der Waals surface area contributed by atoms with Crippen molar-refractivity contribution in [1.29, 1.82) is 0 Å². The zero-order valence-corrected chi connectivity index (χ0v) is 33.0. The van der Waals surface area contributed by atoms with E-state index >= 15 is 0 Å². The minimum absolute atomic E-state index is 0.102. The summed E-state index contributed by atoms with van der Waals surface area (Å²) < 4.78 is 0. The van der Waals surface area contributed by atoms with E-state index in [0.717, 1.165) is 6.42 Å². The maximum Gasteiger partial charge on any atom is 0.0159 e. The van der Waals surface area contributed by atoms with Crippen molar-refractivity contribution in [3.05, 3.63) is 156 Å². The molecule has 0 saturated heterocycles. The van der Waals surface area contributed by atoms with E-state index in [4.69, 9.17) is 0 Å². The highest BCUT2D eigenvalue weighted by Crippen LogP contribution is 2.52. The molecular weight excluding hydrogens is 661 g/mol. The van der Waals surface area contributed by atoms with E-state index in [9.17, 15) is 0 Å². The van der Waals surface area contributed by atoms with E-state index in [1.165, 1.54) is 120 Å². The fourth-order valence-corrected chi connectivity index (χ4v) is 10.3. The quantitative estimate of drug-likeness (QED) is 0.160. The Morgan fingerprint density at radius 1 is 0.436 bits per heavy atom. The molecule has 10 aromatic rings. The van der Waals surface area contributed by atoms with Crippen LogP contribution < -0.4 is 0 Å². The fraction of sp³-hybridized carbons (Fsp3) is 0.200. The Balaban J connectivity index is 1.02. The molecule has 0 saturated carbocycles. The standard InChI is InChI=1S/C55H46/c1-31(2)24-32-25-37-10-8-33-12-18-42(46-22-16-38(26-32)50(37)52(33)46)35-14-20-44-45-21-15-36(30-49(45)55(6,7)48(44)29-35)43-19-13-34-9-11-39-27-41(54(3,4)5)28-40-17-23-47(43)53(34)51(39)40/h8-23,25-31H,24H2,1-7H3.